The number of benzene rings is 1. The Hall–Kier alpha value is -1.35. The zero-order chi connectivity index (χ0) is 20.6. The van der Waals surface area contributed by atoms with E-state index in [0.717, 1.165) is 37.0 Å². The summed E-state index contributed by atoms with van der Waals surface area (Å²) in [6.45, 7) is 10.9. The van der Waals surface area contributed by atoms with Gasteiger partial charge in [0.15, 0.2) is 5.96 Å². The fourth-order valence-corrected chi connectivity index (χ4v) is 3.71. The molecule has 0 bridgehead atoms. The van der Waals surface area contributed by atoms with Crippen LogP contribution in [0.25, 0.3) is 0 Å². The summed E-state index contributed by atoms with van der Waals surface area (Å²) in [6, 6.07) is 7.75. The molecule has 1 unspecified atom stereocenters. The summed E-state index contributed by atoms with van der Waals surface area (Å²) in [5.74, 6) is 1.54. The molecule has 1 aliphatic heterocycles. The smallest absolute Gasteiger partial charge is 0.251 e. The van der Waals surface area contributed by atoms with Gasteiger partial charge in [0.1, 0.15) is 0 Å². The van der Waals surface area contributed by atoms with Gasteiger partial charge in [-0.15, -0.1) is 24.0 Å². The Morgan fingerprint density at radius 3 is 2.72 bits per heavy atom. The van der Waals surface area contributed by atoms with Crippen LogP contribution in [0, 0.1) is 5.92 Å². The highest BCUT2D eigenvalue weighted by molar-refractivity contribution is 14.0. The normalized spacial score (nSPS) is 18.0. The van der Waals surface area contributed by atoms with Gasteiger partial charge in [-0.05, 0) is 63.3 Å². The number of amides is 1. The predicted octanol–water partition coefficient (Wildman–Crippen LogP) is 2.88. The summed E-state index contributed by atoms with van der Waals surface area (Å²) in [5, 5.41) is 9.53. The van der Waals surface area contributed by atoms with Gasteiger partial charge < -0.3 is 16.0 Å². The zero-order valence-electron chi connectivity index (χ0n) is 18.5. The van der Waals surface area contributed by atoms with Crippen molar-refractivity contribution in [2.24, 2.45) is 10.9 Å². The Morgan fingerprint density at radius 2 is 2.07 bits per heavy atom. The van der Waals surface area contributed by atoms with Gasteiger partial charge in [-0.3, -0.25) is 14.7 Å². The molecule has 0 aliphatic carbocycles. The van der Waals surface area contributed by atoms with E-state index in [1.165, 1.54) is 25.9 Å². The lowest BCUT2D eigenvalue weighted by Crippen LogP contribution is -2.56. The third-order valence-electron chi connectivity index (χ3n) is 5.55. The van der Waals surface area contributed by atoms with E-state index in [1.807, 2.05) is 24.3 Å². The van der Waals surface area contributed by atoms with Crippen LogP contribution < -0.4 is 16.0 Å². The summed E-state index contributed by atoms with van der Waals surface area (Å²) in [7, 11) is 3.45. The molecule has 164 valence electrons. The van der Waals surface area contributed by atoms with E-state index in [1.54, 1.807) is 14.1 Å². The van der Waals surface area contributed by atoms with Gasteiger partial charge in [0.25, 0.3) is 5.91 Å². The van der Waals surface area contributed by atoms with Crippen molar-refractivity contribution in [3.63, 3.8) is 0 Å². The SMILES string of the molecule is CN=C(NCCc1cccc(C(=O)NC)c1)NCC(C)(C)N1CCCC(C)C1.I. The Morgan fingerprint density at radius 1 is 1.31 bits per heavy atom. The van der Waals surface area contributed by atoms with Crippen LogP contribution in [0.4, 0.5) is 0 Å². The largest absolute Gasteiger partial charge is 0.356 e. The zero-order valence-corrected chi connectivity index (χ0v) is 20.9. The van der Waals surface area contributed by atoms with Crippen molar-refractivity contribution in [1.29, 1.82) is 0 Å². The van der Waals surface area contributed by atoms with Gasteiger partial charge in [0.05, 0.1) is 0 Å². The topological polar surface area (TPSA) is 68.8 Å². The molecule has 7 heteroatoms. The van der Waals surface area contributed by atoms with Crippen molar-refractivity contribution in [2.45, 2.75) is 45.6 Å². The minimum atomic E-state index is -0.0541. The molecule has 1 aromatic rings. The second-order valence-corrected chi connectivity index (χ2v) is 8.39. The molecule has 1 saturated heterocycles. The third-order valence-corrected chi connectivity index (χ3v) is 5.55. The van der Waals surface area contributed by atoms with Gasteiger partial charge in [-0.1, -0.05) is 19.1 Å². The molecule has 1 heterocycles. The van der Waals surface area contributed by atoms with Crippen LogP contribution in [-0.4, -0.2) is 62.6 Å². The summed E-state index contributed by atoms with van der Waals surface area (Å²) in [4.78, 5) is 18.7. The maximum atomic E-state index is 11.8. The number of rotatable bonds is 7. The number of hydrogen-bond donors (Lipinski definition) is 3. The van der Waals surface area contributed by atoms with Crippen LogP contribution in [0.3, 0.4) is 0 Å². The number of carbonyl (C=O) groups is 1. The molecule has 1 atom stereocenters. The molecule has 0 radical (unpaired) electrons. The highest BCUT2D eigenvalue weighted by Gasteiger charge is 2.30. The second-order valence-electron chi connectivity index (χ2n) is 8.39. The maximum Gasteiger partial charge on any atom is 0.251 e. The molecule has 6 nitrogen and oxygen atoms in total. The van der Waals surface area contributed by atoms with Gasteiger partial charge >= 0.3 is 0 Å². The molecule has 0 aromatic heterocycles. The lowest BCUT2D eigenvalue weighted by molar-refractivity contribution is 0.0739. The first-order valence-corrected chi connectivity index (χ1v) is 10.4. The molecular weight excluding hydrogens is 477 g/mol. The van der Waals surface area contributed by atoms with Crippen LogP contribution in [-0.2, 0) is 6.42 Å². The molecule has 29 heavy (non-hydrogen) atoms. The third kappa shape index (κ3) is 8.12. The Kier molecular flexibility index (Phi) is 11.0. The second kappa shape index (κ2) is 12.4. The number of likely N-dealkylation sites (tertiary alicyclic amines) is 1. The van der Waals surface area contributed by atoms with Gasteiger partial charge in [0.2, 0.25) is 0 Å². The van der Waals surface area contributed by atoms with Crippen LogP contribution >= 0.6 is 24.0 Å². The molecule has 1 aliphatic rings. The summed E-state index contributed by atoms with van der Waals surface area (Å²) in [5.41, 5.74) is 1.92. The Labute approximate surface area is 193 Å². The fourth-order valence-electron chi connectivity index (χ4n) is 3.71. The summed E-state index contributed by atoms with van der Waals surface area (Å²) >= 11 is 0. The quantitative estimate of drug-likeness (QED) is 0.297. The van der Waals surface area contributed by atoms with E-state index < -0.39 is 0 Å². The molecule has 2 rings (SSSR count). The van der Waals surface area contributed by atoms with Crippen molar-refractivity contribution in [3.05, 3.63) is 35.4 Å². The molecule has 0 spiro atoms. The van der Waals surface area contributed by atoms with E-state index in [-0.39, 0.29) is 35.4 Å². The predicted molar refractivity (Wildman–Crippen MR) is 132 cm³/mol. The molecular formula is C22H38IN5O. The number of nitrogens with zero attached hydrogens (tertiary/aromatic N) is 2. The van der Waals surface area contributed by atoms with Gasteiger partial charge in [0, 0.05) is 44.8 Å². The average molecular weight is 515 g/mol. The first-order chi connectivity index (χ1) is 13.4. The number of nitrogens with one attached hydrogen (secondary N) is 3. The summed E-state index contributed by atoms with van der Waals surface area (Å²) < 4.78 is 0. The van der Waals surface area contributed by atoms with Crippen LogP contribution in [0.5, 0.6) is 0 Å². The number of guanidine groups is 1. The number of halogens is 1. The van der Waals surface area contributed by atoms with E-state index in [4.69, 9.17) is 0 Å². The Bertz CT molecular complexity index is 677. The van der Waals surface area contributed by atoms with E-state index >= 15 is 0 Å². The lowest BCUT2D eigenvalue weighted by Gasteiger charge is -2.43. The average Bonchev–Trinajstić information content (AvgIpc) is 2.70. The van der Waals surface area contributed by atoms with Crippen molar-refractivity contribution in [2.75, 3.05) is 40.3 Å². The minimum Gasteiger partial charge on any atom is -0.356 e. The standard InChI is InChI=1S/C22H37N5O.HI/c1-17-8-7-13-27(15-17)22(2,3)16-26-21(24-5)25-12-11-18-9-6-10-19(14-18)20(28)23-4;/h6,9-10,14,17H,7-8,11-13,15-16H2,1-5H3,(H,23,28)(H2,24,25,26);1H. The highest BCUT2D eigenvalue weighted by Crippen LogP contribution is 2.23. The first-order valence-electron chi connectivity index (χ1n) is 10.4. The van der Waals surface area contributed by atoms with Crippen LogP contribution in [0.2, 0.25) is 0 Å². The lowest BCUT2D eigenvalue weighted by atomic mass is 9.93. The fraction of sp³-hybridized carbons (Fsp3) is 0.636. The van der Waals surface area contributed by atoms with E-state index in [9.17, 15) is 4.79 Å². The highest BCUT2D eigenvalue weighted by atomic mass is 127. The Balaban J connectivity index is 0.00000420. The molecule has 3 N–H and O–H groups in total. The number of piperidine rings is 1. The van der Waals surface area contributed by atoms with Crippen LogP contribution in [0.1, 0.15) is 49.5 Å². The van der Waals surface area contributed by atoms with Gasteiger partial charge in [-0.25, -0.2) is 0 Å². The van der Waals surface area contributed by atoms with Crippen molar-refractivity contribution < 1.29 is 4.79 Å². The van der Waals surface area contributed by atoms with Gasteiger partial charge in [-0.2, -0.15) is 0 Å². The first kappa shape index (κ1) is 25.7. The van der Waals surface area contributed by atoms with E-state index in [0.29, 0.717) is 5.56 Å². The van der Waals surface area contributed by atoms with Crippen molar-refractivity contribution >= 4 is 35.8 Å². The molecule has 1 aromatic carbocycles. The number of hydrogen-bond acceptors (Lipinski definition) is 3. The molecule has 1 fully saturated rings. The number of aliphatic imine (C=N–C) groups is 1. The van der Waals surface area contributed by atoms with Crippen LogP contribution in [0.15, 0.2) is 29.3 Å². The molecule has 1 amide bonds. The monoisotopic (exact) mass is 515 g/mol. The van der Waals surface area contributed by atoms with Crippen molar-refractivity contribution in [1.82, 2.24) is 20.9 Å². The minimum absolute atomic E-state index is 0. The van der Waals surface area contributed by atoms with Crippen molar-refractivity contribution in [3.8, 4) is 0 Å². The molecule has 0 saturated carbocycles. The van der Waals surface area contributed by atoms with E-state index in [2.05, 4.69) is 46.6 Å². The maximum absolute atomic E-state index is 11.8. The number of carbonyl (C=O) groups excluding carboxylic acids is 1. The summed E-state index contributed by atoms with van der Waals surface area (Å²) in [6.07, 6.45) is 3.45.